The number of anilines is 1. The number of aryl methyl sites for hydroxylation is 1. The van der Waals surface area contributed by atoms with Crippen molar-refractivity contribution in [2.24, 2.45) is 5.10 Å². The summed E-state index contributed by atoms with van der Waals surface area (Å²) < 4.78 is 0. The molecule has 1 aromatic carbocycles. The summed E-state index contributed by atoms with van der Waals surface area (Å²) in [5.41, 5.74) is 4.97. The van der Waals surface area contributed by atoms with Gasteiger partial charge in [-0.05, 0) is 12.5 Å². The second-order valence-corrected chi connectivity index (χ2v) is 3.93. The first-order valence-electron chi connectivity index (χ1n) is 4.61. The Morgan fingerprint density at radius 1 is 1.33 bits per heavy atom. The lowest BCUT2D eigenvalue weighted by Gasteiger charge is -1.93. The van der Waals surface area contributed by atoms with E-state index < -0.39 is 0 Å². The first-order valence-corrected chi connectivity index (χ1v) is 5.49. The van der Waals surface area contributed by atoms with Crippen LogP contribution < -0.4 is 5.43 Å². The Labute approximate surface area is 92.5 Å². The summed E-state index contributed by atoms with van der Waals surface area (Å²) in [5.74, 6) is 0. The Hall–Kier alpha value is -1.68. The van der Waals surface area contributed by atoms with Gasteiger partial charge in [-0.2, -0.15) is 5.10 Å². The number of hydrogen-bond donors (Lipinski definition) is 1. The highest BCUT2D eigenvalue weighted by atomic mass is 32.1. The molecule has 0 aliphatic heterocycles. The molecule has 76 valence electrons. The summed E-state index contributed by atoms with van der Waals surface area (Å²) in [6.45, 7) is 1.96. The minimum absolute atomic E-state index is 0.819. The number of nitrogens with zero attached hydrogens (tertiary/aromatic N) is 2. The van der Waals surface area contributed by atoms with Gasteiger partial charge in [-0.3, -0.25) is 5.43 Å². The Morgan fingerprint density at radius 3 is 2.80 bits per heavy atom. The Morgan fingerprint density at radius 2 is 2.13 bits per heavy atom. The molecule has 0 amide bonds. The van der Waals surface area contributed by atoms with Crippen molar-refractivity contribution in [3.63, 3.8) is 0 Å². The zero-order valence-corrected chi connectivity index (χ0v) is 9.16. The lowest BCUT2D eigenvalue weighted by atomic mass is 10.2. The van der Waals surface area contributed by atoms with Crippen molar-refractivity contribution >= 4 is 22.7 Å². The van der Waals surface area contributed by atoms with Crippen LogP contribution in [0.25, 0.3) is 0 Å². The number of rotatable bonds is 3. The minimum Gasteiger partial charge on any atom is -0.253 e. The van der Waals surface area contributed by atoms with Crippen LogP contribution in [0.3, 0.4) is 0 Å². The average molecular weight is 217 g/mol. The fraction of sp³-hybridized carbons (Fsp3) is 0.0909. The first-order chi connectivity index (χ1) is 7.34. The molecule has 0 bridgehead atoms. The molecule has 0 spiro atoms. The van der Waals surface area contributed by atoms with Gasteiger partial charge >= 0.3 is 0 Å². The van der Waals surface area contributed by atoms with E-state index in [-0.39, 0.29) is 0 Å². The van der Waals surface area contributed by atoms with Gasteiger partial charge < -0.3 is 0 Å². The third-order valence-electron chi connectivity index (χ3n) is 1.79. The van der Waals surface area contributed by atoms with E-state index in [9.17, 15) is 0 Å². The van der Waals surface area contributed by atoms with Gasteiger partial charge in [0.1, 0.15) is 0 Å². The van der Waals surface area contributed by atoms with Crippen molar-refractivity contribution < 1.29 is 0 Å². The maximum absolute atomic E-state index is 4.24. The molecule has 1 N–H and O–H groups in total. The smallest absolute Gasteiger partial charge is 0.203 e. The quantitative estimate of drug-likeness (QED) is 0.634. The van der Waals surface area contributed by atoms with Crippen molar-refractivity contribution in [3.8, 4) is 0 Å². The molecule has 0 saturated heterocycles. The zero-order chi connectivity index (χ0) is 10.5. The van der Waals surface area contributed by atoms with Crippen LogP contribution in [-0.2, 0) is 0 Å². The van der Waals surface area contributed by atoms with Crippen LogP contribution in [0.4, 0.5) is 5.13 Å². The second-order valence-electron chi connectivity index (χ2n) is 3.07. The van der Waals surface area contributed by atoms with Crippen LogP contribution in [0.5, 0.6) is 0 Å². The number of nitrogens with one attached hydrogen (secondary N) is 1. The van der Waals surface area contributed by atoms with Crippen molar-refractivity contribution in [1.82, 2.24) is 4.98 Å². The maximum Gasteiger partial charge on any atom is 0.203 e. The van der Waals surface area contributed by atoms with Gasteiger partial charge in [0.25, 0.3) is 0 Å². The predicted molar refractivity (Wildman–Crippen MR) is 64.5 cm³/mol. The van der Waals surface area contributed by atoms with E-state index in [4.69, 9.17) is 0 Å². The molecule has 1 aromatic heterocycles. The molecular formula is C11H11N3S. The zero-order valence-electron chi connectivity index (χ0n) is 8.34. The van der Waals surface area contributed by atoms with Gasteiger partial charge in [-0.25, -0.2) is 4.98 Å². The van der Waals surface area contributed by atoms with E-state index in [0.29, 0.717) is 0 Å². The molecule has 0 radical (unpaired) electrons. The highest BCUT2D eigenvalue weighted by Gasteiger charge is 1.93. The monoisotopic (exact) mass is 217 g/mol. The summed E-state index contributed by atoms with van der Waals surface area (Å²) in [7, 11) is 0. The van der Waals surface area contributed by atoms with Crippen LogP contribution in [0.1, 0.15) is 11.3 Å². The minimum atomic E-state index is 0.819. The molecule has 3 nitrogen and oxygen atoms in total. The summed E-state index contributed by atoms with van der Waals surface area (Å²) >= 11 is 1.55. The summed E-state index contributed by atoms with van der Waals surface area (Å²) in [4.78, 5) is 4.24. The molecule has 0 aliphatic rings. The van der Waals surface area contributed by atoms with Crippen molar-refractivity contribution in [2.75, 3.05) is 5.43 Å². The standard InChI is InChI=1S/C11H11N3S/c1-9-8-15-11(13-9)14-12-7-10-5-3-2-4-6-10/h2-8H,1H3,(H,13,14)/b12-7-. The average Bonchev–Trinajstić information content (AvgIpc) is 2.66. The predicted octanol–water partition coefficient (Wildman–Crippen LogP) is 2.90. The number of thiazole rings is 1. The molecule has 0 saturated carbocycles. The van der Waals surface area contributed by atoms with Gasteiger partial charge in [-0.15, -0.1) is 11.3 Å². The molecule has 2 aromatic rings. The van der Waals surface area contributed by atoms with Crippen LogP contribution in [0.2, 0.25) is 0 Å². The molecule has 0 aliphatic carbocycles. The molecule has 0 fully saturated rings. The fourth-order valence-corrected chi connectivity index (χ4v) is 1.74. The van der Waals surface area contributed by atoms with Gasteiger partial charge in [0.2, 0.25) is 5.13 Å². The molecular weight excluding hydrogens is 206 g/mol. The molecule has 4 heteroatoms. The second kappa shape index (κ2) is 4.70. The van der Waals surface area contributed by atoms with Crippen LogP contribution in [0.15, 0.2) is 40.8 Å². The number of benzene rings is 1. The molecule has 0 atom stereocenters. The van der Waals surface area contributed by atoms with Crippen LogP contribution >= 0.6 is 11.3 Å². The van der Waals surface area contributed by atoms with Gasteiger partial charge in [0.15, 0.2) is 0 Å². The lowest BCUT2D eigenvalue weighted by molar-refractivity contribution is 1.22. The molecule has 0 unspecified atom stereocenters. The Kier molecular flexibility index (Phi) is 3.09. The Balaban J connectivity index is 1.96. The van der Waals surface area contributed by atoms with Crippen molar-refractivity contribution in [1.29, 1.82) is 0 Å². The van der Waals surface area contributed by atoms with Crippen LogP contribution in [-0.4, -0.2) is 11.2 Å². The van der Waals surface area contributed by atoms with Gasteiger partial charge in [-0.1, -0.05) is 30.3 Å². The SMILES string of the molecule is Cc1csc(N/N=C\c2ccccc2)n1. The third-order valence-corrected chi connectivity index (χ3v) is 2.66. The third kappa shape index (κ3) is 2.89. The van der Waals surface area contributed by atoms with E-state index in [1.54, 1.807) is 17.6 Å². The highest BCUT2D eigenvalue weighted by Crippen LogP contribution is 2.13. The lowest BCUT2D eigenvalue weighted by Crippen LogP contribution is -1.89. The van der Waals surface area contributed by atoms with Crippen molar-refractivity contribution in [2.45, 2.75) is 6.92 Å². The van der Waals surface area contributed by atoms with E-state index in [1.165, 1.54) is 0 Å². The number of hydrazone groups is 1. The molecule has 15 heavy (non-hydrogen) atoms. The Bertz CT molecular complexity index is 448. The summed E-state index contributed by atoms with van der Waals surface area (Å²) in [6.07, 6.45) is 1.77. The fourth-order valence-electron chi connectivity index (χ4n) is 1.11. The van der Waals surface area contributed by atoms with E-state index in [0.717, 1.165) is 16.4 Å². The van der Waals surface area contributed by atoms with E-state index >= 15 is 0 Å². The molecule has 1 heterocycles. The van der Waals surface area contributed by atoms with Crippen LogP contribution in [0, 0.1) is 6.92 Å². The van der Waals surface area contributed by atoms with E-state index in [2.05, 4.69) is 15.5 Å². The summed E-state index contributed by atoms with van der Waals surface area (Å²) in [6, 6.07) is 9.94. The normalized spacial score (nSPS) is 10.7. The largest absolute Gasteiger partial charge is 0.253 e. The van der Waals surface area contributed by atoms with E-state index in [1.807, 2.05) is 42.6 Å². The first kappa shape index (κ1) is 9.86. The van der Waals surface area contributed by atoms with Gasteiger partial charge in [0, 0.05) is 5.38 Å². The number of aromatic nitrogens is 1. The maximum atomic E-state index is 4.24. The summed E-state index contributed by atoms with van der Waals surface area (Å²) in [5, 5.41) is 6.90. The highest BCUT2D eigenvalue weighted by molar-refractivity contribution is 7.13. The topological polar surface area (TPSA) is 37.3 Å². The number of hydrogen-bond acceptors (Lipinski definition) is 4. The molecule has 2 rings (SSSR count). The van der Waals surface area contributed by atoms with Crippen molar-refractivity contribution in [3.05, 3.63) is 47.0 Å². The van der Waals surface area contributed by atoms with Gasteiger partial charge in [0.05, 0.1) is 11.9 Å².